The maximum atomic E-state index is 11.3. The van der Waals surface area contributed by atoms with Crippen LogP contribution in [-0.4, -0.2) is 44.7 Å². The summed E-state index contributed by atoms with van der Waals surface area (Å²) in [5.74, 6) is 0.416. The summed E-state index contributed by atoms with van der Waals surface area (Å²) in [5, 5.41) is 3.44. The molecular weight excluding hydrogens is 240 g/mol. The number of hydrogen-bond acceptors (Lipinski definition) is 4. The minimum Gasteiger partial charge on any atom is -0.465 e. The number of nitrogens with zero attached hydrogens (tertiary/aromatic N) is 1. The molecule has 1 unspecified atom stereocenters. The second-order valence-electron chi connectivity index (χ2n) is 5.22. The van der Waals surface area contributed by atoms with Crippen LogP contribution in [-0.2, 0) is 4.74 Å². The van der Waals surface area contributed by atoms with E-state index in [1.165, 1.54) is 26.5 Å². The predicted molar refractivity (Wildman–Crippen MR) is 76.5 cm³/mol. The Balaban J connectivity index is 1.84. The van der Waals surface area contributed by atoms with E-state index in [0.717, 1.165) is 18.8 Å². The summed E-state index contributed by atoms with van der Waals surface area (Å²) in [7, 11) is 3.57. The molecule has 4 heteroatoms. The predicted octanol–water partition coefficient (Wildman–Crippen LogP) is 2.23. The number of nitrogens with one attached hydrogen (secondary N) is 1. The fraction of sp³-hybridized carbons (Fsp3) is 0.533. The Labute approximate surface area is 114 Å². The van der Waals surface area contributed by atoms with E-state index in [4.69, 9.17) is 0 Å². The van der Waals surface area contributed by atoms with E-state index in [2.05, 4.69) is 22.0 Å². The normalized spacial score (nSPS) is 20.0. The van der Waals surface area contributed by atoms with Gasteiger partial charge in [0.2, 0.25) is 0 Å². The van der Waals surface area contributed by atoms with Crippen LogP contribution in [0.3, 0.4) is 0 Å². The molecule has 0 radical (unpaired) electrons. The van der Waals surface area contributed by atoms with Crippen molar-refractivity contribution in [3.63, 3.8) is 0 Å². The number of rotatable bonds is 4. The van der Waals surface area contributed by atoms with Crippen LogP contribution in [0.5, 0.6) is 0 Å². The fourth-order valence-corrected chi connectivity index (χ4v) is 2.54. The molecule has 1 aliphatic heterocycles. The van der Waals surface area contributed by atoms with Gasteiger partial charge < -0.3 is 15.0 Å². The second kappa shape index (κ2) is 6.57. The highest BCUT2D eigenvalue weighted by Crippen LogP contribution is 2.17. The molecular formula is C15H22N2O2. The van der Waals surface area contributed by atoms with Crippen LogP contribution >= 0.6 is 0 Å². The molecule has 19 heavy (non-hydrogen) atoms. The van der Waals surface area contributed by atoms with Crippen molar-refractivity contribution in [3.05, 3.63) is 29.8 Å². The van der Waals surface area contributed by atoms with Crippen molar-refractivity contribution in [2.75, 3.05) is 39.1 Å². The highest BCUT2D eigenvalue weighted by molar-refractivity contribution is 5.89. The summed E-state index contributed by atoms with van der Waals surface area (Å²) in [5.41, 5.74) is 1.64. The van der Waals surface area contributed by atoms with Crippen molar-refractivity contribution in [1.82, 2.24) is 4.90 Å². The van der Waals surface area contributed by atoms with Crippen LogP contribution in [0.1, 0.15) is 23.2 Å². The highest BCUT2D eigenvalue weighted by atomic mass is 16.5. The third-order valence-electron chi connectivity index (χ3n) is 3.62. The van der Waals surface area contributed by atoms with Gasteiger partial charge in [-0.2, -0.15) is 0 Å². The molecule has 0 spiro atoms. The van der Waals surface area contributed by atoms with Gasteiger partial charge in [0.15, 0.2) is 0 Å². The van der Waals surface area contributed by atoms with Gasteiger partial charge in [0.05, 0.1) is 12.7 Å². The number of methoxy groups -OCH3 is 1. The van der Waals surface area contributed by atoms with Gasteiger partial charge in [0, 0.05) is 18.8 Å². The number of carbonyl (C=O) groups excluding carboxylic acids is 1. The van der Waals surface area contributed by atoms with Crippen molar-refractivity contribution in [2.45, 2.75) is 12.8 Å². The van der Waals surface area contributed by atoms with Crippen molar-refractivity contribution in [1.29, 1.82) is 0 Å². The van der Waals surface area contributed by atoms with Gasteiger partial charge in [-0.1, -0.05) is 0 Å². The molecule has 0 bridgehead atoms. The second-order valence-corrected chi connectivity index (χ2v) is 5.22. The van der Waals surface area contributed by atoms with E-state index in [1.807, 2.05) is 12.1 Å². The third kappa shape index (κ3) is 3.96. The SMILES string of the molecule is COC(=O)c1ccc(NCC2CCCN(C)C2)cc1. The molecule has 1 saturated heterocycles. The van der Waals surface area contributed by atoms with Gasteiger partial charge in [-0.3, -0.25) is 0 Å². The molecule has 1 aliphatic rings. The van der Waals surface area contributed by atoms with Crippen LogP contribution in [0.4, 0.5) is 5.69 Å². The summed E-state index contributed by atoms with van der Waals surface area (Å²) >= 11 is 0. The summed E-state index contributed by atoms with van der Waals surface area (Å²) in [4.78, 5) is 13.7. The lowest BCUT2D eigenvalue weighted by Gasteiger charge is -2.29. The molecule has 1 atom stereocenters. The maximum absolute atomic E-state index is 11.3. The molecule has 0 aliphatic carbocycles. The smallest absolute Gasteiger partial charge is 0.337 e. The first kappa shape index (κ1) is 13.9. The number of esters is 1. The number of carbonyl (C=O) groups is 1. The van der Waals surface area contributed by atoms with Crippen LogP contribution in [0, 0.1) is 5.92 Å². The van der Waals surface area contributed by atoms with E-state index in [-0.39, 0.29) is 5.97 Å². The standard InChI is InChI=1S/C15H22N2O2/c1-17-9-3-4-12(11-17)10-16-14-7-5-13(6-8-14)15(18)19-2/h5-8,12,16H,3-4,9-11H2,1-2H3. The molecule has 104 valence electrons. The first-order chi connectivity index (χ1) is 9.19. The minimum atomic E-state index is -0.291. The Kier molecular flexibility index (Phi) is 4.80. The monoisotopic (exact) mass is 262 g/mol. The van der Waals surface area contributed by atoms with Crippen molar-refractivity contribution in [3.8, 4) is 0 Å². The Bertz CT molecular complexity index is 417. The maximum Gasteiger partial charge on any atom is 0.337 e. The van der Waals surface area contributed by atoms with E-state index >= 15 is 0 Å². The lowest BCUT2D eigenvalue weighted by molar-refractivity contribution is 0.0601. The third-order valence-corrected chi connectivity index (χ3v) is 3.62. The number of piperidine rings is 1. The first-order valence-electron chi connectivity index (χ1n) is 6.80. The van der Waals surface area contributed by atoms with Crippen LogP contribution in [0.25, 0.3) is 0 Å². The Hall–Kier alpha value is -1.55. The average molecular weight is 262 g/mol. The van der Waals surface area contributed by atoms with E-state index < -0.39 is 0 Å². The molecule has 1 N–H and O–H groups in total. The van der Waals surface area contributed by atoms with E-state index in [9.17, 15) is 4.79 Å². The number of hydrogen-bond donors (Lipinski definition) is 1. The van der Waals surface area contributed by atoms with Crippen LogP contribution < -0.4 is 5.32 Å². The van der Waals surface area contributed by atoms with Crippen molar-refractivity contribution < 1.29 is 9.53 Å². The van der Waals surface area contributed by atoms with E-state index in [1.54, 1.807) is 12.1 Å². The minimum absolute atomic E-state index is 0.291. The topological polar surface area (TPSA) is 41.6 Å². The number of anilines is 1. The largest absolute Gasteiger partial charge is 0.465 e. The van der Waals surface area contributed by atoms with Crippen molar-refractivity contribution >= 4 is 11.7 Å². The Morgan fingerprint density at radius 1 is 1.42 bits per heavy atom. The summed E-state index contributed by atoms with van der Waals surface area (Å²) in [6.07, 6.45) is 2.57. The zero-order valence-electron chi connectivity index (χ0n) is 11.7. The molecule has 1 heterocycles. The Morgan fingerprint density at radius 3 is 2.79 bits per heavy atom. The number of likely N-dealkylation sites (tertiary alicyclic amines) is 1. The molecule has 0 aromatic heterocycles. The molecule has 2 rings (SSSR count). The van der Waals surface area contributed by atoms with Gasteiger partial charge in [-0.25, -0.2) is 4.79 Å². The quantitative estimate of drug-likeness (QED) is 0.845. The van der Waals surface area contributed by atoms with E-state index in [0.29, 0.717) is 11.5 Å². The zero-order valence-corrected chi connectivity index (χ0v) is 11.7. The lowest BCUT2D eigenvalue weighted by Crippen LogP contribution is -2.35. The highest BCUT2D eigenvalue weighted by Gasteiger charge is 2.16. The molecule has 4 nitrogen and oxygen atoms in total. The van der Waals surface area contributed by atoms with Crippen molar-refractivity contribution in [2.24, 2.45) is 5.92 Å². The number of benzene rings is 1. The molecule has 1 aromatic carbocycles. The first-order valence-corrected chi connectivity index (χ1v) is 6.80. The van der Waals surface area contributed by atoms with Gasteiger partial charge in [0.1, 0.15) is 0 Å². The van der Waals surface area contributed by atoms with Crippen LogP contribution in [0.15, 0.2) is 24.3 Å². The zero-order chi connectivity index (χ0) is 13.7. The Morgan fingerprint density at radius 2 is 2.16 bits per heavy atom. The van der Waals surface area contributed by atoms with Gasteiger partial charge >= 0.3 is 5.97 Å². The average Bonchev–Trinajstić information content (AvgIpc) is 2.45. The molecule has 1 aromatic rings. The van der Waals surface area contributed by atoms with Gasteiger partial charge in [-0.15, -0.1) is 0 Å². The van der Waals surface area contributed by atoms with Gasteiger partial charge in [0.25, 0.3) is 0 Å². The lowest BCUT2D eigenvalue weighted by atomic mass is 9.98. The molecule has 0 saturated carbocycles. The van der Waals surface area contributed by atoms with Gasteiger partial charge in [-0.05, 0) is 56.6 Å². The molecule has 1 fully saturated rings. The fourth-order valence-electron chi connectivity index (χ4n) is 2.54. The van der Waals surface area contributed by atoms with Crippen LogP contribution in [0.2, 0.25) is 0 Å². The summed E-state index contributed by atoms with van der Waals surface area (Å²) < 4.78 is 4.68. The number of ether oxygens (including phenoxy) is 1. The summed E-state index contributed by atoms with van der Waals surface area (Å²) in [6, 6.07) is 7.44. The summed E-state index contributed by atoms with van der Waals surface area (Å²) in [6.45, 7) is 3.36. The molecule has 0 amide bonds.